The number of hydrogen-bond donors (Lipinski definition) is 1. The fourth-order valence-corrected chi connectivity index (χ4v) is 3.21. The number of carboxylic acids is 1. The van der Waals surface area contributed by atoms with Gasteiger partial charge in [0.25, 0.3) is 0 Å². The van der Waals surface area contributed by atoms with Gasteiger partial charge >= 0.3 is 11.7 Å². The highest BCUT2D eigenvalue weighted by molar-refractivity contribution is 7.90. The summed E-state index contributed by atoms with van der Waals surface area (Å²) in [6, 6.07) is 2.24. The lowest BCUT2D eigenvalue weighted by atomic mass is 10.1. The van der Waals surface area contributed by atoms with Gasteiger partial charge in [-0.1, -0.05) is 11.6 Å². The molecule has 8 nitrogen and oxygen atoms in total. The third-order valence-electron chi connectivity index (χ3n) is 2.85. The predicted octanol–water partition coefficient (Wildman–Crippen LogP) is 0.948. The van der Waals surface area contributed by atoms with Gasteiger partial charge in [0.1, 0.15) is 0 Å². The zero-order chi connectivity index (χ0) is 16.7. The molecule has 2 aromatic rings. The van der Waals surface area contributed by atoms with E-state index in [1.807, 2.05) is 0 Å². The van der Waals surface area contributed by atoms with Crippen molar-refractivity contribution in [1.82, 2.24) is 9.78 Å². The van der Waals surface area contributed by atoms with Gasteiger partial charge in [0.05, 0.1) is 22.0 Å². The summed E-state index contributed by atoms with van der Waals surface area (Å²) < 4.78 is 29.2. The molecule has 0 radical (unpaired) electrons. The molecule has 0 aliphatic carbocycles. The lowest BCUT2D eigenvalue weighted by Gasteiger charge is -2.11. The van der Waals surface area contributed by atoms with Crippen LogP contribution in [0.5, 0.6) is 0 Å². The lowest BCUT2D eigenvalue weighted by molar-refractivity contribution is 0.0697. The first kappa shape index (κ1) is 16.2. The number of hydrogen-bond acceptors (Lipinski definition) is 6. The van der Waals surface area contributed by atoms with Crippen molar-refractivity contribution in [3.8, 4) is 0 Å². The number of carboxylic acid groups (broad SMARTS) is 1. The Kier molecular flexibility index (Phi) is 4.12. The van der Waals surface area contributed by atoms with Gasteiger partial charge in [0.15, 0.2) is 9.84 Å². The summed E-state index contributed by atoms with van der Waals surface area (Å²) in [5.41, 5.74) is -0.295. The van der Waals surface area contributed by atoms with Gasteiger partial charge in [-0.15, -0.1) is 5.10 Å². The second-order valence-corrected chi connectivity index (χ2v) is 6.89. The van der Waals surface area contributed by atoms with Crippen LogP contribution in [0, 0.1) is 6.92 Å². The zero-order valence-corrected chi connectivity index (χ0v) is 13.1. The van der Waals surface area contributed by atoms with Crippen LogP contribution in [-0.2, 0) is 16.4 Å². The fourth-order valence-electron chi connectivity index (χ4n) is 1.92. The van der Waals surface area contributed by atoms with Crippen LogP contribution < -0.4 is 5.76 Å². The van der Waals surface area contributed by atoms with E-state index in [1.165, 1.54) is 6.92 Å². The normalized spacial score (nSPS) is 11.6. The quantitative estimate of drug-likeness (QED) is 0.874. The number of aryl methyl sites for hydroxylation is 1. The average Bonchev–Trinajstić information content (AvgIpc) is 2.68. The first-order valence-electron chi connectivity index (χ1n) is 5.90. The third kappa shape index (κ3) is 3.04. The van der Waals surface area contributed by atoms with E-state index in [0.717, 1.165) is 23.1 Å². The summed E-state index contributed by atoms with van der Waals surface area (Å²) in [5, 5.41) is 12.6. The first-order chi connectivity index (χ1) is 10.1. The molecule has 0 bridgehead atoms. The minimum Gasteiger partial charge on any atom is -0.478 e. The number of sulfone groups is 1. The Labute approximate surface area is 129 Å². The van der Waals surface area contributed by atoms with Crippen LogP contribution in [0.3, 0.4) is 0 Å². The molecule has 22 heavy (non-hydrogen) atoms. The number of nitrogens with zero attached hydrogens (tertiary/aromatic N) is 2. The number of benzene rings is 1. The van der Waals surface area contributed by atoms with Crippen molar-refractivity contribution in [3.05, 3.63) is 44.7 Å². The highest BCUT2D eigenvalue weighted by Crippen LogP contribution is 2.28. The van der Waals surface area contributed by atoms with Crippen molar-refractivity contribution in [3.63, 3.8) is 0 Å². The summed E-state index contributed by atoms with van der Waals surface area (Å²) >= 11 is 6.00. The number of aromatic carboxylic acids is 1. The van der Waals surface area contributed by atoms with Crippen molar-refractivity contribution in [1.29, 1.82) is 0 Å². The molecule has 2 rings (SSSR count). The molecular weight excluding hydrogens is 336 g/mol. The van der Waals surface area contributed by atoms with E-state index < -0.39 is 21.6 Å². The van der Waals surface area contributed by atoms with E-state index >= 15 is 0 Å². The highest BCUT2D eigenvalue weighted by Gasteiger charge is 2.22. The number of halogens is 1. The van der Waals surface area contributed by atoms with Gasteiger partial charge in [-0.05, 0) is 12.1 Å². The van der Waals surface area contributed by atoms with Crippen LogP contribution in [0.15, 0.2) is 26.2 Å². The van der Waals surface area contributed by atoms with Gasteiger partial charge in [-0.2, -0.15) is 4.68 Å². The maximum atomic E-state index is 11.8. The Morgan fingerprint density at radius 2 is 2.09 bits per heavy atom. The summed E-state index contributed by atoms with van der Waals surface area (Å²) in [4.78, 5) is 22.5. The minimum atomic E-state index is -3.68. The Hall–Kier alpha value is -2.13. The average molecular weight is 347 g/mol. The number of rotatable bonds is 4. The molecule has 1 aromatic carbocycles. The molecule has 0 atom stereocenters. The van der Waals surface area contributed by atoms with E-state index in [4.69, 9.17) is 21.1 Å². The second kappa shape index (κ2) is 5.58. The van der Waals surface area contributed by atoms with Crippen LogP contribution in [0.1, 0.15) is 21.8 Å². The minimum absolute atomic E-state index is 0.0283. The van der Waals surface area contributed by atoms with Crippen LogP contribution in [0.4, 0.5) is 0 Å². The van der Waals surface area contributed by atoms with E-state index in [2.05, 4.69) is 5.10 Å². The standard InChI is InChI=1S/C12H11ClN2O6S/c1-6-14-15(12(18)21-6)5-8-9(22(2,19)20)4-3-7(10(8)13)11(16)17/h3-4H,5H2,1-2H3,(H,16,17). The van der Waals surface area contributed by atoms with Gasteiger partial charge in [0.2, 0.25) is 5.89 Å². The van der Waals surface area contributed by atoms with Crippen molar-refractivity contribution in [2.45, 2.75) is 18.4 Å². The molecule has 0 aliphatic heterocycles. The summed E-state index contributed by atoms with van der Waals surface area (Å²) in [5.74, 6) is -2.01. The molecule has 1 heterocycles. The first-order valence-corrected chi connectivity index (χ1v) is 8.17. The molecule has 10 heteroatoms. The van der Waals surface area contributed by atoms with Gasteiger partial charge in [0, 0.05) is 18.7 Å². The Morgan fingerprint density at radius 1 is 1.45 bits per heavy atom. The molecule has 1 N–H and O–H groups in total. The maximum absolute atomic E-state index is 11.8. The van der Waals surface area contributed by atoms with Gasteiger partial charge in [-0.25, -0.2) is 18.0 Å². The smallest absolute Gasteiger partial charge is 0.437 e. The third-order valence-corrected chi connectivity index (χ3v) is 4.46. The molecular formula is C12H11ClN2O6S. The molecule has 0 unspecified atom stereocenters. The molecule has 1 aromatic heterocycles. The largest absolute Gasteiger partial charge is 0.478 e. The SMILES string of the molecule is Cc1nn(Cc2c(S(C)(=O)=O)ccc(C(=O)O)c2Cl)c(=O)o1. The second-order valence-electron chi connectivity index (χ2n) is 4.53. The Morgan fingerprint density at radius 3 is 2.55 bits per heavy atom. The van der Waals surface area contributed by atoms with E-state index in [-0.39, 0.29) is 33.5 Å². The molecule has 0 spiro atoms. The van der Waals surface area contributed by atoms with Crippen molar-refractivity contribution in [2.75, 3.05) is 6.26 Å². The molecule has 118 valence electrons. The Bertz CT molecular complexity index is 912. The Balaban J connectivity index is 2.70. The van der Waals surface area contributed by atoms with E-state index in [9.17, 15) is 18.0 Å². The summed E-state index contributed by atoms with van der Waals surface area (Å²) in [6.07, 6.45) is 0.958. The monoisotopic (exact) mass is 346 g/mol. The molecule has 0 saturated heterocycles. The summed E-state index contributed by atoms with van der Waals surface area (Å²) in [6.45, 7) is 1.13. The number of carbonyl (C=O) groups is 1. The van der Waals surface area contributed by atoms with E-state index in [0.29, 0.717) is 0 Å². The highest BCUT2D eigenvalue weighted by atomic mass is 35.5. The van der Waals surface area contributed by atoms with E-state index in [1.54, 1.807) is 0 Å². The zero-order valence-electron chi connectivity index (χ0n) is 11.5. The van der Waals surface area contributed by atoms with Crippen LogP contribution in [0.25, 0.3) is 0 Å². The number of aromatic nitrogens is 2. The maximum Gasteiger partial charge on any atom is 0.437 e. The van der Waals surface area contributed by atoms with Gasteiger partial charge < -0.3 is 9.52 Å². The van der Waals surface area contributed by atoms with Crippen LogP contribution >= 0.6 is 11.6 Å². The van der Waals surface area contributed by atoms with Crippen molar-refractivity contribution >= 4 is 27.4 Å². The molecule has 0 aliphatic rings. The van der Waals surface area contributed by atoms with Gasteiger partial charge in [-0.3, -0.25) is 0 Å². The van der Waals surface area contributed by atoms with Crippen molar-refractivity contribution in [2.24, 2.45) is 0 Å². The molecule has 0 fully saturated rings. The van der Waals surface area contributed by atoms with Crippen LogP contribution in [0.2, 0.25) is 5.02 Å². The predicted molar refractivity (Wildman–Crippen MR) is 76.1 cm³/mol. The molecule has 0 saturated carbocycles. The molecule has 0 amide bonds. The lowest BCUT2D eigenvalue weighted by Crippen LogP contribution is -2.19. The topological polar surface area (TPSA) is 119 Å². The van der Waals surface area contributed by atoms with Crippen LogP contribution in [-0.4, -0.2) is 35.5 Å². The van der Waals surface area contributed by atoms with Crippen molar-refractivity contribution < 1.29 is 22.7 Å². The fraction of sp³-hybridized carbons (Fsp3) is 0.250. The summed E-state index contributed by atoms with van der Waals surface area (Å²) in [7, 11) is -3.68.